The van der Waals surface area contributed by atoms with Gasteiger partial charge < -0.3 is 10.2 Å². The molecule has 1 atom stereocenters. The fourth-order valence-corrected chi connectivity index (χ4v) is 2.17. The van der Waals surface area contributed by atoms with E-state index in [1.165, 1.54) is 17.9 Å². The van der Waals surface area contributed by atoms with Crippen LogP contribution in [0.3, 0.4) is 0 Å². The topological polar surface area (TPSA) is 49.4 Å². The Kier molecular flexibility index (Phi) is 6.44. The van der Waals surface area contributed by atoms with E-state index in [-0.39, 0.29) is 29.2 Å². The third kappa shape index (κ3) is 5.42. The van der Waals surface area contributed by atoms with Crippen molar-refractivity contribution in [2.45, 2.75) is 39.4 Å². The van der Waals surface area contributed by atoms with Crippen molar-refractivity contribution in [1.82, 2.24) is 4.90 Å². The molecular formula is C15H18ClF3N2O2. The van der Waals surface area contributed by atoms with Gasteiger partial charge in [0.15, 0.2) is 0 Å². The van der Waals surface area contributed by atoms with Gasteiger partial charge in [-0.3, -0.25) is 9.59 Å². The normalized spacial score (nSPS) is 12.7. The van der Waals surface area contributed by atoms with Crippen molar-refractivity contribution in [2.24, 2.45) is 0 Å². The lowest BCUT2D eigenvalue weighted by Crippen LogP contribution is -2.42. The van der Waals surface area contributed by atoms with Gasteiger partial charge in [0.2, 0.25) is 11.8 Å². The van der Waals surface area contributed by atoms with Crippen LogP contribution in [-0.2, 0) is 15.8 Å². The molecule has 0 aliphatic rings. The number of hydrogen-bond acceptors (Lipinski definition) is 2. The van der Waals surface area contributed by atoms with Crippen molar-refractivity contribution in [3.63, 3.8) is 0 Å². The monoisotopic (exact) mass is 350 g/mol. The Morgan fingerprint density at radius 2 is 1.96 bits per heavy atom. The van der Waals surface area contributed by atoms with Crippen LogP contribution in [-0.4, -0.2) is 29.3 Å². The fourth-order valence-electron chi connectivity index (χ4n) is 2.00. The molecule has 0 aliphatic heterocycles. The number of benzene rings is 1. The zero-order valence-electron chi connectivity index (χ0n) is 13.0. The van der Waals surface area contributed by atoms with E-state index < -0.39 is 17.6 Å². The highest BCUT2D eigenvalue weighted by atomic mass is 35.5. The lowest BCUT2D eigenvalue weighted by molar-refractivity contribution is -0.137. The Morgan fingerprint density at radius 1 is 1.35 bits per heavy atom. The number of nitrogens with zero attached hydrogens (tertiary/aromatic N) is 1. The van der Waals surface area contributed by atoms with Gasteiger partial charge in [-0.05, 0) is 31.5 Å². The van der Waals surface area contributed by atoms with E-state index in [0.717, 1.165) is 12.1 Å². The van der Waals surface area contributed by atoms with Crippen LogP contribution in [0.2, 0.25) is 5.02 Å². The zero-order valence-corrected chi connectivity index (χ0v) is 13.8. The van der Waals surface area contributed by atoms with E-state index in [0.29, 0.717) is 6.42 Å². The second-order valence-corrected chi connectivity index (χ2v) is 5.58. The molecule has 0 spiro atoms. The van der Waals surface area contributed by atoms with Gasteiger partial charge >= 0.3 is 6.18 Å². The summed E-state index contributed by atoms with van der Waals surface area (Å²) in [5.41, 5.74) is -1.42. The van der Waals surface area contributed by atoms with Crippen molar-refractivity contribution in [2.75, 3.05) is 11.9 Å². The van der Waals surface area contributed by atoms with Gasteiger partial charge in [0.1, 0.15) is 6.54 Å². The van der Waals surface area contributed by atoms with E-state index >= 15 is 0 Å². The molecule has 0 bridgehead atoms. The first-order valence-electron chi connectivity index (χ1n) is 7.00. The molecule has 0 saturated heterocycles. The summed E-state index contributed by atoms with van der Waals surface area (Å²) in [5, 5.41) is 2.11. The van der Waals surface area contributed by atoms with Crippen LogP contribution >= 0.6 is 11.6 Å². The molecule has 8 heteroatoms. The van der Waals surface area contributed by atoms with Gasteiger partial charge in [-0.25, -0.2) is 0 Å². The molecular weight excluding hydrogens is 333 g/mol. The van der Waals surface area contributed by atoms with E-state index in [9.17, 15) is 22.8 Å². The minimum absolute atomic E-state index is 0.0831. The third-order valence-corrected chi connectivity index (χ3v) is 3.64. The Bertz CT molecular complexity index is 591. The summed E-state index contributed by atoms with van der Waals surface area (Å²) < 4.78 is 38.9. The quantitative estimate of drug-likeness (QED) is 0.874. The second kappa shape index (κ2) is 7.68. The Morgan fingerprint density at radius 3 is 2.43 bits per heavy atom. The number of hydrogen-bond donors (Lipinski definition) is 1. The maximum Gasteiger partial charge on any atom is 0.418 e. The van der Waals surface area contributed by atoms with Crippen LogP contribution in [0.4, 0.5) is 18.9 Å². The van der Waals surface area contributed by atoms with E-state index in [1.54, 1.807) is 6.92 Å². The van der Waals surface area contributed by atoms with Crippen LogP contribution in [0, 0.1) is 0 Å². The molecule has 0 heterocycles. The van der Waals surface area contributed by atoms with Crippen LogP contribution < -0.4 is 5.32 Å². The molecule has 2 amide bonds. The average molecular weight is 351 g/mol. The van der Waals surface area contributed by atoms with Crippen LogP contribution in [0.15, 0.2) is 18.2 Å². The summed E-state index contributed by atoms with van der Waals surface area (Å²) in [6, 6.07) is 2.90. The predicted octanol–water partition coefficient (Wildman–Crippen LogP) is 3.94. The molecule has 0 radical (unpaired) electrons. The van der Waals surface area contributed by atoms with Crippen molar-refractivity contribution in [3.8, 4) is 0 Å². The van der Waals surface area contributed by atoms with Crippen LogP contribution in [0.1, 0.15) is 32.8 Å². The summed E-state index contributed by atoms with van der Waals surface area (Å²) in [7, 11) is 0. The molecule has 1 rings (SSSR count). The average Bonchev–Trinajstić information content (AvgIpc) is 2.44. The maximum atomic E-state index is 13.0. The summed E-state index contributed by atoms with van der Waals surface area (Å²) in [5.74, 6) is -1.02. The first kappa shape index (κ1) is 19.3. The highest BCUT2D eigenvalue weighted by Crippen LogP contribution is 2.36. The Labute approximate surface area is 137 Å². The molecule has 1 unspecified atom stereocenters. The molecule has 0 aliphatic carbocycles. The number of carbonyl (C=O) groups is 2. The molecule has 1 aromatic carbocycles. The number of anilines is 1. The summed E-state index contributed by atoms with van der Waals surface area (Å²) in [6.45, 7) is 4.60. The van der Waals surface area contributed by atoms with E-state index in [1.807, 2.05) is 6.92 Å². The van der Waals surface area contributed by atoms with Crippen LogP contribution in [0.5, 0.6) is 0 Å². The van der Waals surface area contributed by atoms with Gasteiger partial charge in [-0.15, -0.1) is 0 Å². The number of rotatable bonds is 5. The standard InChI is InChI=1S/C15H18ClF3N2O2/c1-4-9(2)21(10(3)22)8-14(23)20-13-6-5-11(16)7-12(13)15(17,18)19/h5-7,9H,4,8H2,1-3H3,(H,20,23). The van der Waals surface area contributed by atoms with Gasteiger partial charge in [-0.2, -0.15) is 13.2 Å². The van der Waals surface area contributed by atoms with Gasteiger partial charge in [0.05, 0.1) is 11.3 Å². The highest BCUT2D eigenvalue weighted by Gasteiger charge is 2.34. The minimum Gasteiger partial charge on any atom is -0.331 e. The first-order valence-corrected chi connectivity index (χ1v) is 7.37. The van der Waals surface area contributed by atoms with Crippen molar-refractivity contribution in [1.29, 1.82) is 0 Å². The molecule has 23 heavy (non-hydrogen) atoms. The van der Waals surface area contributed by atoms with E-state index in [4.69, 9.17) is 11.6 Å². The van der Waals surface area contributed by atoms with Crippen molar-refractivity contribution < 1.29 is 22.8 Å². The van der Waals surface area contributed by atoms with Crippen LogP contribution in [0.25, 0.3) is 0 Å². The van der Waals surface area contributed by atoms with Gasteiger partial charge in [-0.1, -0.05) is 18.5 Å². The maximum absolute atomic E-state index is 13.0. The third-order valence-electron chi connectivity index (χ3n) is 3.40. The second-order valence-electron chi connectivity index (χ2n) is 5.14. The smallest absolute Gasteiger partial charge is 0.331 e. The zero-order chi connectivity index (χ0) is 17.8. The lowest BCUT2D eigenvalue weighted by Gasteiger charge is -2.27. The van der Waals surface area contributed by atoms with E-state index in [2.05, 4.69) is 5.32 Å². The van der Waals surface area contributed by atoms with Crippen molar-refractivity contribution >= 4 is 29.1 Å². The molecule has 1 N–H and O–H groups in total. The summed E-state index contributed by atoms with van der Waals surface area (Å²) in [6.07, 6.45) is -4.02. The van der Waals surface area contributed by atoms with Gasteiger partial charge in [0.25, 0.3) is 0 Å². The largest absolute Gasteiger partial charge is 0.418 e. The number of amides is 2. The molecule has 128 valence electrons. The van der Waals surface area contributed by atoms with Gasteiger partial charge in [0, 0.05) is 18.0 Å². The number of nitrogens with one attached hydrogen (secondary N) is 1. The first-order chi connectivity index (χ1) is 10.6. The molecule has 0 aromatic heterocycles. The highest BCUT2D eigenvalue weighted by molar-refractivity contribution is 6.30. The number of carbonyl (C=O) groups excluding carboxylic acids is 2. The summed E-state index contributed by atoms with van der Waals surface area (Å²) >= 11 is 5.58. The molecule has 1 aromatic rings. The number of alkyl halides is 3. The molecule has 4 nitrogen and oxygen atoms in total. The Hall–Kier alpha value is -1.76. The minimum atomic E-state index is -4.65. The SMILES string of the molecule is CCC(C)N(CC(=O)Nc1ccc(Cl)cc1C(F)(F)F)C(C)=O. The Balaban J connectivity index is 2.95. The molecule has 0 saturated carbocycles. The molecule has 0 fully saturated rings. The van der Waals surface area contributed by atoms with Crippen molar-refractivity contribution in [3.05, 3.63) is 28.8 Å². The fraction of sp³-hybridized carbons (Fsp3) is 0.467. The summed E-state index contributed by atoms with van der Waals surface area (Å²) in [4.78, 5) is 24.9. The lowest BCUT2D eigenvalue weighted by atomic mass is 10.1. The number of halogens is 4. The predicted molar refractivity (Wildman–Crippen MR) is 82.2 cm³/mol.